The highest BCUT2D eigenvalue weighted by molar-refractivity contribution is 7.90. The Bertz CT molecular complexity index is 650. The van der Waals surface area contributed by atoms with E-state index in [1.54, 1.807) is 0 Å². The first-order valence-electron chi connectivity index (χ1n) is 6.64. The van der Waals surface area contributed by atoms with E-state index in [4.69, 9.17) is 0 Å². The molecule has 0 saturated carbocycles. The second kappa shape index (κ2) is 5.85. The topological polar surface area (TPSA) is 91.8 Å². The molecule has 0 aromatic heterocycles. The van der Waals surface area contributed by atoms with Crippen LogP contribution < -0.4 is 0 Å². The molecule has 0 aliphatic carbocycles. The minimum Gasteiger partial charge on any atom is -0.480 e. The van der Waals surface area contributed by atoms with Gasteiger partial charge in [0.05, 0.1) is 4.90 Å². The Labute approximate surface area is 123 Å². The van der Waals surface area contributed by atoms with Crippen LogP contribution in [0, 0.1) is 0 Å². The number of likely N-dealkylation sites (tertiary alicyclic amines) is 1. The molecule has 0 radical (unpaired) electrons. The number of carboxylic acid groups (broad SMARTS) is 1. The van der Waals surface area contributed by atoms with Gasteiger partial charge in [0.25, 0.3) is 5.91 Å². The van der Waals surface area contributed by atoms with Crippen molar-refractivity contribution in [3.8, 4) is 0 Å². The Balaban J connectivity index is 2.24. The van der Waals surface area contributed by atoms with Crippen LogP contribution in [0.5, 0.6) is 0 Å². The monoisotopic (exact) mass is 311 g/mol. The number of rotatable bonds is 3. The lowest BCUT2D eigenvalue weighted by Crippen LogP contribution is -2.47. The van der Waals surface area contributed by atoms with Gasteiger partial charge in [-0.1, -0.05) is 0 Å². The lowest BCUT2D eigenvalue weighted by atomic mass is 10.0. The number of piperidine rings is 1. The van der Waals surface area contributed by atoms with Crippen molar-refractivity contribution in [2.75, 3.05) is 12.8 Å². The maximum absolute atomic E-state index is 12.4. The van der Waals surface area contributed by atoms with Crippen molar-refractivity contribution in [1.29, 1.82) is 0 Å². The average Bonchev–Trinajstić information content (AvgIpc) is 2.45. The molecule has 114 valence electrons. The van der Waals surface area contributed by atoms with E-state index in [1.807, 2.05) is 0 Å². The quantitative estimate of drug-likeness (QED) is 0.904. The first-order valence-corrected chi connectivity index (χ1v) is 8.54. The lowest BCUT2D eigenvalue weighted by Gasteiger charge is -2.33. The number of hydrogen-bond acceptors (Lipinski definition) is 4. The van der Waals surface area contributed by atoms with Crippen molar-refractivity contribution in [3.05, 3.63) is 29.8 Å². The number of benzene rings is 1. The summed E-state index contributed by atoms with van der Waals surface area (Å²) in [5.74, 6) is -1.38. The molecule has 7 heteroatoms. The highest BCUT2D eigenvalue weighted by Gasteiger charge is 2.32. The van der Waals surface area contributed by atoms with E-state index < -0.39 is 21.8 Å². The third-order valence-electron chi connectivity index (χ3n) is 3.58. The van der Waals surface area contributed by atoms with Gasteiger partial charge in [-0.3, -0.25) is 4.79 Å². The van der Waals surface area contributed by atoms with Crippen molar-refractivity contribution >= 4 is 21.7 Å². The van der Waals surface area contributed by atoms with Crippen molar-refractivity contribution in [2.24, 2.45) is 0 Å². The first-order chi connectivity index (χ1) is 9.80. The Morgan fingerprint density at radius 3 is 2.33 bits per heavy atom. The predicted molar refractivity (Wildman–Crippen MR) is 75.9 cm³/mol. The zero-order valence-electron chi connectivity index (χ0n) is 11.7. The maximum atomic E-state index is 12.4. The molecular weight excluding hydrogens is 294 g/mol. The molecule has 0 bridgehead atoms. The highest BCUT2D eigenvalue weighted by atomic mass is 32.2. The lowest BCUT2D eigenvalue weighted by molar-refractivity contribution is -0.143. The summed E-state index contributed by atoms with van der Waals surface area (Å²) in [6.45, 7) is 0.406. The SMILES string of the molecule is CS(=O)(=O)c1ccc(C(=O)N2CCCCC2C(=O)O)cc1. The number of carbonyl (C=O) groups excluding carboxylic acids is 1. The van der Waals surface area contributed by atoms with Gasteiger partial charge in [-0.2, -0.15) is 0 Å². The summed E-state index contributed by atoms with van der Waals surface area (Å²) in [5.41, 5.74) is 0.301. The van der Waals surface area contributed by atoms with E-state index in [1.165, 1.54) is 29.2 Å². The molecule has 1 saturated heterocycles. The van der Waals surface area contributed by atoms with Crippen LogP contribution in [0.2, 0.25) is 0 Å². The van der Waals surface area contributed by atoms with Gasteiger partial charge in [0.15, 0.2) is 9.84 Å². The Morgan fingerprint density at radius 1 is 1.19 bits per heavy atom. The minimum atomic E-state index is -3.31. The minimum absolute atomic E-state index is 0.132. The van der Waals surface area contributed by atoms with Gasteiger partial charge in [-0.05, 0) is 43.5 Å². The standard InChI is InChI=1S/C14H17NO5S/c1-21(19,20)11-7-5-10(6-8-11)13(16)15-9-3-2-4-12(15)14(17)18/h5-8,12H,2-4,9H2,1H3,(H,17,18). The number of sulfone groups is 1. The summed E-state index contributed by atoms with van der Waals surface area (Å²) < 4.78 is 22.8. The zero-order chi connectivity index (χ0) is 15.6. The zero-order valence-corrected chi connectivity index (χ0v) is 12.5. The van der Waals surface area contributed by atoms with Gasteiger partial charge in [0, 0.05) is 18.4 Å². The van der Waals surface area contributed by atoms with Crippen LogP contribution in [0.1, 0.15) is 29.6 Å². The van der Waals surface area contributed by atoms with Crippen LogP contribution in [-0.2, 0) is 14.6 Å². The van der Waals surface area contributed by atoms with Gasteiger partial charge < -0.3 is 10.0 Å². The van der Waals surface area contributed by atoms with E-state index in [9.17, 15) is 23.1 Å². The Kier molecular flexibility index (Phi) is 4.32. The van der Waals surface area contributed by atoms with Crippen LogP contribution in [0.4, 0.5) is 0 Å². The molecule has 1 amide bonds. The fourth-order valence-corrected chi connectivity index (χ4v) is 3.07. The number of carboxylic acids is 1. The molecule has 0 spiro atoms. The maximum Gasteiger partial charge on any atom is 0.326 e. The third-order valence-corrected chi connectivity index (χ3v) is 4.71. The highest BCUT2D eigenvalue weighted by Crippen LogP contribution is 2.20. The van der Waals surface area contributed by atoms with Gasteiger partial charge >= 0.3 is 5.97 Å². The molecule has 1 aromatic carbocycles. The predicted octanol–water partition coefficient (Wildman–Crippen LogP) is 1.17. The molecule has 21 heavy (non-hydrogen) atoms. The first kappa shape index (κ1) is 15.5. The summed E-state index contributed by atoms with van der Waals surface area (Å²) in [5, 5.41) is 9.18. The summed E-state index contributed by atoms with van der Waals surface area (Å²) in [6.07, 6.45) is 3.10. The molecule has 1 fully saturated rings. The fourth-order valence-electron chi connectivity index (χ4n) is 2.44. The molecule has 6 nitrogen and oxygen atoms in total. The van der Waals surface area contributed by atoms with Crippen LogP contribution >= 0.6 is 0 Å². The molecule has 1 atom stereocenters. The number of amides is 1. The third kappa shape index (κ3) is 3.41. The van der Waals surface area contributed by atoms with Gasteiger partial charge in [-0.15, -0.1) is 0 Å². The number of nitrogens with zero attached hydrogens (tertiary/aromatic N) is 1. The second-order valence-corrected chi connectivity index (χ2v) is 7.16. The van der Waals surface area contributed by atoms with Crippen molar-refractivity contribution in [3.63, 3.8) is 0 Å². The van der Waals surface area contributed by atoms with Crippen molar-refractivity contribution in [1.82, 2.24) is 4.90 Å². The molecule has 1 aliphatic heterocycles. The summed E-state index contributed by atoms with van der Waals surface area (Å²) in [6, 6.07) is 4.77. The Morgan fingerprint density at radius 2 is 1.81 bits per heavy atom. The number of aliphatic carboxylic acids is 1. The smallest absolute Gasteiger partial charge is 0.326 e. The van der Waals surface area contributed by atoms with Crippen LogP contribution in [0.15, 0.2) is 29.2 Å². The molecule has 1 N–H and O–H groups in total. The van der Waals surface area contributed by atoms with E-state index >= 15 is 0 Å². The van der Waals surface area contributed by atoms with E-state index in [0.29, 0.717) is 18.5 Å². The second-order valence-electron chi connectivity index (χ2n) is 5.14. The number of hydrogen-bond donors (Lipinski definition) is 1. The Hall–Kier alpha value is -1.89. The molecule has 2 rings (SSSR count). The van der Waals surface area contributed by atoms with Gasteiger partial charge in [-0.25, -0.2) is 13.2 Å². The normalized spacial score (nSPS) is 19.3. The van der Waals surface area contributed by atoms with Crippen molar-refractivity contribution < 1.29 is 23.1 Å². The van der Waals surface area contributed by atoms with Gasteiger partial charge in [0.1, 0.15) is 6.04 Å². The largest absolute Gasteiger partial charge is 0.480 e. The summed E-state index contributed by atoms with van der Waals surface area (Å²) in [4.78, 5) is 25.1. The fraction of sp³-hybridized carbons (Fsp3) is 0.429. The van der Waals surface area contributed by atoms with Crippen molar-refractivity contribution in [2.45, 2.75) is 30.2 Å². The molecular formula is C14H17NO5S. The van der Waals surface area contributed by atoms with E-state index in [0.717, 1.165) is 19.1 Å². The molecule has 1 unspecified atom stereocenters. The van der Waals surface area contributed by atoms with E-state index in [2.05, 4.69) is 0 Å². The molecule has 1 aliphatic rings. The van der Waals surface area contributed by atoms with Crippen LogP contribution in [0.3, 0.4) is 0 Å². The summed E-state index contributed by atoms with van der Waals surface area (Å²) >= 11 is 0. The molecule has 1 aromatic rings. The molecule has 1 heterocycles. The van der Waals surface area contributed by atoms with Crippen LogP contribution in [-0.4, -0.2) is 49.1 Å². The van der Waals surface area contributed by atoms with E-state index in [-0.39, 0.29) is 10.8 Å². The number of carbonyl (C=O) groups is 2. The average molecular weight is 311 g/mol. The van der Waals surface area contributed by atoms with Crippen LogP contribution in [0.25, 0.3) is 0 Å². The summed E-state index contributed by atoms with van der Waals surface area (Å²) in [7, 11) is -3.31. The van der Waals surface area contributed by atoms with Gasteiger partial charge in [0.2, 0.25) is 0 Å².